The molecule has 0 spiro atoms. The van der Waals surface area contributed by atoms with Crippen LogP contribution in [0.3, 0.4) is 0 Å². The van der Waals surface area contributed by atoms with Gasteiger partial charge >= 0.3 is 5.97 Å². The second-order valence-electron chi connectivity index (χ2n) is 6.18. The van der Waals surface area contributed by atoms with Gasteiger partial charge in [-0.3, -0.25) is 14.4 Å². The van der Waals surface area contributed by atoms with E-state index in [2.05, 4.69) is 10.6 Å². The Kier molecular flexibility index (Phi) is 4.85. The largest absolute Gasteiger partial charge is 0.481 e. The van der Waals surface area contributed by atoms with E-state index in [4.69, 9.17) is 0 Å². The quantitative estimate of drug-likeness (QED) is 0.735. The van der Waals surface area contributed by atoms with Gasteiger partial charge in [0.2, 0.25) is 5.91 Å². The minimum absolute atomic E-state index is 0.0336. The van der Waals surface area contributed by atoms with E-state index in [1.54, 1.807) is 36.4 Å². The molecular weight excluding hydrogens is 340 g/mol. The Morgan fingerprint density at radius 3 is 2.36 bits per heavy atom. The van der Waals surface area contributed by atoms with Crippen molar-refractivity contribution in [2.75, 3.05) is 10.6 Å². The maximum absolute atomic E-state index is 12.2. The van der Waals surface area contributed by atoms with Crippen molar-refractivity contribution in [1.29, 1.82) is 0 Å². The van der Waals surface area contributed by atoms with Crippen molar-refractivity contribution in [2.45, 2.75) is 25.7 Å². The molecule has 1 aromatic carbocycles. The normalized spacial score (nSPS) is 15.0. The number of rotatable bonds is 6. The number of aliphatic carboxylic acids is 1. The summed E-state index contributed by atoms with van der Waals surface area (Å²) in [5.74, 6) is -1.45. The molecule has 3 N–H and O–H groups in total. The van der Waals surface area contributed by atoms with Crippen molar-refractivity contribution in [3.63, 3.8) is 0 Å². The fourth-order valence-corrected chi connectivity index (χ4v) is 3.48. The highest BCUT2D eigenvalue weighted by Gasteiger charge is 2.45. The Balaban J connectivity index is 1.62. The minimum Gasteiger partial charge on any atom is -0.481 e. The maximum atomic E-state index is 12.2. The van der Waals surface area contributed by atoms with Crippen LogP contribution in [-0.4, -0.2) is 22.9 Å². The first-order valence-electron chi connectivity index (χ1n) is 7.97. The first-order valence-corrected chi connectivity index (χ1v) is 8.85. The standard InChI is InChI=1S/C18H18N2O4S/c21-15(11-18(17(23)24)7-3-8-18)19-12-4-1-5-13(10-12)20-16(22)14-6-2-9-25-14/h1-2,4-6,9-10H,3,7-8,11H2,(H,19,21)(H,20,22)(H,23,24). The van der Waals surface area contributed by atoms with E-state index < -0.39 is 11.4 Å². The van der Waals surface area contributed by atoms with Crippen molar-refractivity contribution in [3.8, 4) is 0 Å². The predicted octanol–water partition coefficient (Wildman–Crippen LogP) is 3.58. The van der Waals surface area contributed by atoms with Gasteiger partial charge in [0.05, 0.1) is 10.3 Å². The monoisotopic (exact) mass is 358 g/mol. The van der Waals surface area contributed by atoms with Crippen LogP contribution in [0.4, 0.5) is 11.4 Å². The SMILES string of the molecule is O=C(CC1(C(=O)O)CCC1)Nc1cccc(NC(=O)c2cccs2)c1. The third-order valence-electron chi connectivity index (χ3n) is 4.41. The number of carboxylic acids is 1. The summed E-state index contributed by atoms with van der Waals surface area (Å²) in [6.45, 7) is 0. The predicted molar refractivity (Wildman–Crippen MR) is 95.9 cm³/mol. The molecule has 2 amide bonds. The fourth-order valence-electron chi connectivity index (χ4n) is 2.86. The summed E-state index contributed by atoms with van der Waals surface area (Å²) in [6.07, 6.45) is 1.87. The van der Waals surface area contributed by atoms with E-state index in [-0.39, 0.29) is 18.2 Å². The molecule has 1 saturated carbocycles. The van der Waals surface area contributed by atoms with Gasteiger partial charge in [-0.2, -0.15) is 0 Å². The molecule has 25 heavy (non-hydrogen) atoms. The van der Waals surface area contributed by atoms with Gasteiger partial charge in [-0.1, -0.05) is 18.6 Å². The molecule has 130 valence electrons. The van der Waals surface area contributed by atoms with E-state index in [0.717, 1.165) is 6.42 Å². The van der Waals surface area contributed by atoms with Crippen LogP contribution >= 0.6 is 11.3 Å². The third kappa shape index (κ3) is 3.88. The molecule has 1 aliphatic carbocycles. The lowest BCUT2D eigenvalue weighted by atomic mass is 9.66. The van der Waals surface area contributed by atoms with E-state index in [0.29, 0.717) is 29.1 Å². The van der Waals surface area contributed by atoms with E-state index >= 15 is 0 Å². The smallest absolute Gasteiger partial charge is 0.310 e. The second kappa shape index (κ2) is 7.06. The van der Waals surface area contributed by atoms with Crippen molar-refractivity contribution < 1.29 is 19.5 Å². The average Bonchev–Trinajstić information content (AvgIpc) is 3.05. The van der Waals surface area contributed by atoms with Gasteiger partial charge in [-0.25, -0.2) is 0 Å². The zero-order chi connectivity index (χ0) is 17.9. The number of hydrogen-bond acceptors (Lipinski definition) is 4. The molecule has 0 atom stereocenters. The molecule has 0 saturated heterocycles. The molecule has 0 unspecified atom stereocenters. The molecule has 6 nitrogen and oxygen atoms in total. The molecule has 1 heterocycles. The van der Waals surface area contributed by atoms with Crippen molar-refractivity contribution in [3.05, 3.63) is 46.7 Å². The minimum atomic E-state index is -0.922. The molecule has 2 aromatic rings. The highest BCUT2D eigenvalue weighted by molar-refractivity contribution is 7.12. The van der Waals surface area contributed by atoms with Gasteiger partial charge in [0.15, 0.2) is 0 Å². The van der Waals surface area contributed by atoms with Crippen LogP contribution in [0, 0.1) is 5.41 Å². The van der Waals surface area contributed by atoms with E-state index in [1.807, 2.05) is 5.38 Å². The molecular formula is C18H18N2O4S. The molecule has 7 heteroatoms. The lowest BCUT2D eigenvalue weighted by molar-refractivity contribution is -0.157. The summed E-state index contributed by atoms with van der Waals surface area (Å²) in [4.78, 5) is 36.2. The topological polar surface area (TPSA) is 95.5 Å². The Labute approximate surface area is 148 Å². The fraction of sp³-hybridized carbons (Fsp3) is 0.278. The number of nitrogens with one attached hydrogen (secondary N) is 2. The molecule has 3 rings (SSSR count). The molecule has 1 aromatic heterocycles. The van der Waals surface area contributed by atoms with Crippen LogP contribution in [0.15, 0.2) is 41.8 Å². The van der Waals surface area contributed by atoms with Gasteiger partial charge in [0.25, 0.3) is 5.91 Å². The maximum Gasteiger partial charge on any atom is 0.310 e. The van der Waals surface area contributed by atoms with Gasteiger partial charge in [0.1, 0.15) is 0 Å². The Hall–Kier alpha value is -2.67. The van der Waals surface area contributed by atoms with Gasteiger partial charge in [0, 0.05) is 17.8 Å². The van der Waals surface area contributed by atoms with Crippen molar-refractivity contribution in [2.24, 2.45) is 5.41 Å². The van der Waals surface area contributed by atoms with Crippen LogP contribution in [0.1, 0.15) is 35.4 Å². The van der Waals surface area contributed by atoms with Gasteiger partial charge < -0.3 is 15.7 Å². The molecule has 0 radical (unpaired) electrons. The summed E-state index contributed by atoms with van der Waals surface area (Å²) in [6, 6.07) is 10.3. The zero-order valence-corrected chi connectivity index (χ0v) is 14.3. The summed E-state index contributed by atoms with van der Waals surface area (Å²) in [5, 5.41) is 16.6. The van der Waals surface area contributed by atoms with Crippen molar-refractivity contribution >= 4 is 40.5 Å². The number of amides is 2. The molecule has 1 fully saturated rings. The first kappa shape index (κ1) is 17.2. The Morgan fingerprint density at radius 2 is 1.80 bits per heavy atom. The van der Waals surface area contributed by atoms with Gasteiger partial charge in [-0.15, -0.1) is 11.3 Å². The lowest BCUT2D eigenvalue weighted by Gasteiger charge is -2.36. The zero-order valence-electron chi connectivity index (χ0n) is 13.5. The number of hydrogen-bond donors (Lipinski definition) is 3. The van der Waals surface area contributed by atoms with Crippen LogP contribution < -0.4 is 10.6 Å². The number of anilines is 2. The number of carboxylic acid groups (broad SMARTS) is 1. The number of carbonyl (C=O) groups is 3. The summed E-state index contributed by atoms with van der Waals surface area (Å²) >= 11 is 1.35. The van der Waals surface area contributed by atoms with Crippen molar-refractivity contribution in [1.82, 2.24) is 0 Å². The first-order chi connectivity index (χ1) is 12.0. The van der Waals surface area contributed by atoms with Crippen LogP contribution in [0.2, 0.25) is 0 Å². The second-order valence-corrected chi connectivity index (χ2v) is 7.12. The average molecular weight is 358 g/mol. The Morgan fingerprint density at radius 1 is 1.08 bits per heavy atom. The molecule has 1 aliphatic rings. The molecule has 0 bridgehead atoms. The van der Waals surface area contributed by atoms with Crippen LogP contribution in [-0.2, 0) is 9.59 Å². The Bertz CT molecular complexity index is 797. The highest BCUT2D eigenvalue weighted by Crippen LogP contribution is 2.44. The van der Waals surface area contributed by atoms with Crippen LogP contribution in [0.25, 0.3) is 0 Å². The summed E-state index contributed by atoms with van der Waals surface area (Å²) in [7, 11) is 0. The van der Waals surface area contributed by atoms with E-state index in [1.165, 1.54) is 11.3 Å². The number of thiophene rings is 1. The van der Waals surface area contributed by atoms with Crippen LogP contribution in [0.5, 0.6) is 0 Å². The summed E-state index contributed by atoms with van der Waals surface area (Å²) < 4.78 is 0. The molecule has 0 aliphatic heterocycles. The summed E-state index contributed by atoms with van der Waals surface area (Å²) in [5.41, 5.74) is 0.163. The highest BCUT2D eigenvalue weighted by atomic mass is 32.1. The third-order valence-corrected chi connectivity index (χ3v) is 5.28. The van der Waals surface area contributed by atoms with E-state index in [9.17, 15) is 19.5 Å². The van der Waals surface area contributed by atoms with Gasteiger partial charge in [-0.05, 0) is 42.5 Å². The number of carbonyl (C=O) groups excluding carboxylic acids is 2. The lowest BCUT2D eigenvalue weighted by Crippen LogP contribution is -2.41. The number of benzene rings is 1.